The fraction of sp³-hybridized carbons (Fsp3) is 0.0833. The fourth-order valence-electron chi connectivity index (χ4n) is 3.21. The first kappa shape index (κ1) is 19.8. The summed E-state index contributed by atoms with van der Waals surface area (Å²) in [5.74, 6) is -0.131. The van der Waals surface area contributed by atoms with E-state index in [0.717, 1.165) is 22.0 Å². The zero-order valence-corrected chi connectivity index (χ0v) is 17.1. The quantitative estimate of drug-likeness (QED) is 0.346. The number of Topliss-reactive ketones (excluding diaryl/α,β-unsaturated/α-hetero) is 1. The first-order valence-electron chi connectivity index (χ1n) is 9.47. The molecule has 4 rings (SSSR count). The predicted octanol–water partition coefficient (Wildman–Crippen LogP) is 5.23. The minimum atomic E-state index is -0.202. The highest BCUT2D eigenvalue weighted by Gasteiger charge is 2.14. The molecule has 0 spiro atoms. The van der Waals surface area contributed by atoms with Crippen molar-refractivity contribution in [1.82, 2.24) is 10.2 Å². The van der Waals surface area contributed by atoms with Gasteiger partial charge in [-0.05, 0) is 19.1 Å². The van der Waals surface area contributed by atoms with Crippen molar-refractivity contribution in [3.05, 3.63) is 84.4 Å². The summed E-state index contributed by atoms with van der Waals surface area (Å²) in [5.41, 5.74) is 2.82. The zero-order chi connectivity index (χ0) is 20.9. The number of ketones is 1. The minimum Gasteiger partial charge on any atom is -0.325 e. The zero-order valence-electron chi connectivity index (χ0n) is 16.3. The number of anilines is 1. The van der Waals surface area contributed by atoms with Crippen LogP contribution in [-0.4, -0.2) is 27.6 Å². The molecule has 0 radical (unpaired) electrons. The van der Waals surface area contributed by atoms with Crippen LogP contribution >= 0.6 is 11.8 Å². The highest BCUT2D eigenvalue weighted by Crippen LogP contribution is 2.31. The van der Waals surface area contributed by atoms with Crippen LogP contribution in [0.1, 0.15) is 17.3 Å². The second-order valence-corrected chi connectivity index (χ2v) is 7.67. The Hall–Kier alpha value is -3.51. The molecule has 0 fully saturated rings. The largest absolute Gasteiger partial charge is 0.325 e. The van der Waals surface area contributed by atoms with Gasteiger partial charge in [0.1, 0.15) is 10.7 Å². The summed E-state index contributed by atoms with van der Waals surface area (Å²) in [6.45, 7) is 1.48. The van der Waals surface area contributed by atoms with Gasteiger partial charge in [0.05, 0.1) is 11.4 Å². The Morgan fingerprint density at radius 3 is 2.27 bits per heavy atom. The van der Waals surface area contributed by atoms with Gasteiger partial charge in [-0.2, -0.15) is 0 Å². The smallest absolute Gasteiger partial charge is 0.234 e. The van der Waals surface area contributed by atoms with Gasteiger partial charge in [-0.3, -0.25) is 9.59 Å². The molecule has 0 bridgehead atoms. The van der Waals surface area contributed by atoms with E-state index < -0.39 is 0 Å². The minimum absolute atomic E-state index is 0.0908. The van der Waals surface area contributed by atoms with Crippen molar-refractivity contribution in [2.45, 2.75) is 11.9 Å². The normalized spacial score (nSPS) is 10.7. The molecule has 4 aromatic rings. The molecule has 30 heavy (non-hydrogen) atoms. The highest BCUT2D eigenvalue weighted by molar-refractivity contribution is 8.00. The Morgan fingerprint density at radius 1 is 0.833 bits per heavy atom. The maximum atomic E-state index is 12.5. The van der Waals surface area contributed by atoms with Crippen molar-refractivity contribution in [1.29, 1.82) is 0 Å². The van der Waals surface area contributed by atoms with Crippen molar-refractivity contribution in [3.8, 4) is 11.3 Å². The highest BCUT2D eigenvalue weighted by atomic mass is 32.2. The molecule has 0 saturated carbocycles. The Labute approximate surface area is 178 Å². The molecule has 0 atom stereocenters. The van der Waals surface area contributed by atoms with Crippen LogP contribution in [0.25, 0.3) is 22.0 Å². The molecule has 1 amide bonds. The van der Waals surface area contributed by atoms with Crippen molar-refractivity contribution in [2.24, 2.45) is 0 Å². The van der Waals surface area contributed by atoms with Gasteiger partial charge in [-0.1, -0.05) is 78.5 Å². The standard InChI is InChI=1S/C24H19N3O2S/c1-16(28)18-11-7-8-14-21(18)25-22(29)15-30-24-20-13-6-5-12-19(20)23(26-27-24)17-9-3-2-4-10-17/h2-14H,15H2,1H3,(H,25,29). The third kappa shape index (κ3) is 4.23. The number of fused-ring (bicyclic) bond motifs is 1. The molecule has 0 aliphatic carbocycles. The van der Waals surface area contributed by atoms with E-state index in [1.54, 1.807) is 24.3 Å². The molecule has 1 N–H and O–H groups in total. The van der Waals surface area contributed by atoms with Gasteiger partial charge in [0.25, 0.3) is 0 Å². The van der Waals surface area contributed by atoms with E-state index in [-0.39, 0.29) is 17.4 Å². The van der Waals surface area contributed by atoms with Gasteiger partial charge in [0.15, 0.2) is 5.78 Å². The van der Waals surface area contributed by atoms with Gasteiger partial charge in [-0.15, -0.1) is 10.2 Å². The van der Waals surface area contributed by atoms with Crippen molar-refractivity contribution in [2.75, 3.05) is 11.1 Å². The average molecular weight is 414 g/mol. The van der Waals surface area contributed by atoms with Crippen molar-refractivity contribution in [3.63, 3.8) is 0 Å². The summed E-state index contributed by atoms with van der Waals surface area (Å²) in [6, 6.07) is 24.8. The summed E-state index contributed by atoms with van der Waals surface area (Å²) in [5, 5.41) is 14.3. The predicted molar refractivity (Wildman–Crippen MR) is 121 cm³/mol. The molecule has 3 aromatic carbocycles. The lowest BCUT2D eigenvalue weighted by Crippen LogP contribution is -2.16. The monoisotopic (exact) mass is 413 g/mol. The molecule has 5 nitrogen and oxygen atoms in total. The first-order chi connectivity index (χ1) is 14.6. The number of rotatable bonds is 6. The average Bonchev–Trinajstić information content (AvgIpc) is 2.78. The number of amides is 1. The molecular weight excluding hydrogens is 394 g/mol. The number of aromatic nitrogens is 2. The van der Waals surface area contributed by atoms with Crippen LogP contribution in [-0.2, 0) is 4.79 Å². The number of nitrogens with one attached hydrogen (secondary N) is 1. The van der Waals surface area contributed by atoms with Crippen LogP contribution < -0.4 is 5.32 Å². The Balaban J connectivity index is 1.55. The van der Waals surface area contributed by atoms with E-state index in [1.165, 1.54) is 18.7 Å². The molecule has 0 aliphatic heterocycles. The van der Waals surface area contributed by atoms with Gasteiger partial charge < -0.3 is 5.32 Å². The summed E-state index contributed by atoms with van der Waals surface area (Å²) < 4.78 is 0. The first-order valence-corrected chi connectivity index (χ1v) is 10.5. The van der Waals surface area contributed by atoms with Crippen LogP contribution in [0, 0.1) is 0 Å². The molecular formula is C24H19N3O2S. The maximum absolute atomic E-state index is 12.5. The second-order valence-electron chi connectivity index (χ2n) is 6.70. The molecule has 0 saturated heterocycles. The number of para-hydroxylation sites is 1. The third-order valence-electron chi connectivity index (χ3n) is 4.62. The van der Waals surface area contributed by atoms with Gasteiger partial charge in [-0.25, -0.2) is 0 Å². The van der Waals surface area contributed by atoms with Gasteiger partial charge >= 0.3 is 0 Å². The summed E-state index contributed by atoms with van der Waals surface area (Å²) in [6.07, 6.45) is 0. The SMILES string of the molecule is CC(=O)c1ccccc1NC(=O)CSc1nnc(-c2ccccc2)c2ccccc12. The van der Waals surface area contributed by atoms with E-state index >= 15 is 0 Å². The number of thioether (sulfide) groups is 1. The molecule has 0 unspecified atom stereocenters. The summed E-state index contributed by atoms with van der Waals surface area (Å²) in [4.78, 5) is 24.2. The number of carbonyl (C=O) groups excluding carboxylic acids is 2. The van der Waals surface area contributed by atoms with E-state index in [9.17, 15) is 9.59 Å². The topological polar surface area (TPSA) is 72.0 Å². The van der Waals surface area contributed by atoms with E-state index in [2.05, 4.69) is 15.5 Å². The van der Waals surface area contributed by atoms with E-state index in [0.29, 0.717) is 16.3 Å². The van der Waals surface area contributed by atoms with Gasteiger partial charge in [0.2, 0.25) is 5.91 Å². The Morgan fingerprint density at radius 2 is 1.50 bits per heavy atom. The number of hydrogen-bond donors (Lipinski definition) is 1. The molecule has 1 heterocycles. The third-order valence-corrected chi connectivity index (χ3v) is 5.60. The van der Waals surface area contributed by atoms with Crippen LogP contribution in [0.15, 0.2) is 83.9 Å². The van der Waals surface area contributed by atoms with Gasteiger partial charge in [0, 0.05) is 21.9 Å². The molecule has 1 aromatic heterocycles. The second kappa shape index (κ2) is 8.88. The van der Waals surface area contributed by atoms with E-state index in [1.807, 2.05) is 54.6 Å². The number of hydrogen-bond acceptors (Lipinski definition) is 5. The number of benzene rings is 3. The Kier molecular flexibility index (Phi) is 5.86. The van der Waals surface area contributed by atoms with Crippen molar-refractivity contribution < 1.29 is 9.59 Å². The molecule has 0 aliphatic rings. The summed E-state index contributed by atoms with van der Waals surface area (Å²) >= 11 is 1.32. The van der Waals surface area contributed by atoms with E-state index in [4.69, 9.17) is 0 Å². The summed E-state index contributed by atoms with van der Waals surface area (Å²) in [7, 11) is 0. The molecule has 6 heteroatoms. The van der Waals surface area contributed by atoms with Crippen LogP contribution in [0.2, 0.25) is 0 Å². The molecule has 148 valence electrons. The fourth-order valence-corrected chi connectivity index (χ4v) is 3.99. The van der Waals surface area contributed by atoms with Crippen LogP contribution in [0.3, 0.4) is 0 Å². The number of nitrogens with zero attached hydrogens (tertiary/aromatic N) is 2. The lowest BCUT2D eigenvalue weighted by atomic mass is 10.1. The number of carbonyl (C=O) groups is 2. The lowest BCUT2D eigenvalue weighted by molar-refractivity contribution is -0.113. The van der Waals surface area contributed by atoms with Crippen molar-refractivity contribution >= 4 is 39.9 Å². The maximum Gasteiger partial charge on any atom is 0.234 e. The van der Waals surface area contributed by atoms with Crippen LogP contribution in [0.4, 0.5) is 5.69 Å². The lowest BCUT2D eigenvalue weighted by Gasteiger charge is -2.10. The van der Waals surface area contributed by atoms with Crippen LogP contribution in [0.5, 0.6) is 0 Å². The Bertz CT molecular complexity index is 1230.